The summed E-state index contributed by atoms with van der Waals surface area (Å²) in [4.78, 5) is 8.77. The van der Waals surface area contributed by atoms with Crippen molar-refractivity contribution in [2.45, 2.75) is 26.7 Å². The molecule has 0 fully saturated rings. The van der Waals surface area contributed by atoms with Crippen LogP contribution in [0.4, 0.5) is 17.3 Å². The molecule has 0 aliphatic carbocycles. The second kappa shape index (κ2) is 5.57. The number of benzene rings is 1. The van der Waals surface area contributed by atoms with E-state index in [1.807, 2.05) is 39.0 Å². The molecule has 102 valence electrons. The Balaban J connectivity index is 2.46. The van der Waals surface area contributed by atoms with Gasteiger partial charge in [0.1, 0.15) is 23.5 Å². The Morgan fingerprint density at radius 3 is 2.60 bits per heavy atom. The van der Waals surface area contributed by atoms with E-state index in [0.29, 0.717) is 28.7 Å². The van der Waals surface area contributed by atoms with Gasteiger partial charge in [-0.1, -0.05) is 26.0 Å². The molecule has 20 heavy (non-hydrogen) atoms. The molecular formula is C15H17N5. The first kappa shape index (κ1) is 13.8. The van der Waals surface area contributed by atoms with Crippen molar-refractivity contribution in [1.29, 1.82) is 5.26 Å². The first-order valence-electron chi connectivity index (χ1n) is 6.43. The Hall–Kier alpha value is -2.61. The number of hydrogen-bond donors (Lipinski definition) is 2. The van der Waals surface area contributed by atoms with Gasteiger partial charge in [0.15, 0.2) is 0 Å². The van der Waals surface area contributed by atoms with Crippen LogP contribution in [0.5, 0.6) is 0 Å². The van der Waals surface area contributed by atoms with Crippen molar-refractivity contribution < 1.29 is 0 Å². The number of hydrogen-bond acceptors (Lipinski definition) is 5. The zero-order chi connectivity index (χ0) is 14.7. The molecular weight excluding hydrogens is 250 g/mol. The van der Waals surface area contributed by atoms with Crippen LogP contribution < -0.4 is 11.1 Å². The first-order valence-corrected chi connectivity index (χ1v) is 6.43. The maximum Gasteiger partial charge on any atom is 0.139 e. The third-order valence-corrected chi connectivity index (χ3v) is 3.02. The molecule has 0 aliphatic rings. The van der Waals surface area contributed by atoms with Crippen LogP contribution in [0.15, 0.2) is 24.3 Å². The number of para-hydroxylation sites is 1. The standard InChI is InChI=1S/C15H17N5/c1-9(2)14-19-13(17)10(3)15(20-14)18-12-7-5-4-6-11(12)8-16/h4-7,9H,1-3H3,(H3,17,18,19,20). The molecule has 0 spiro atoms. The minimum absolute atomic E-state index is 0.185. The van der Waals surface area contributed by atoms with Crippen molar-refractivity contribution >= 4 is 17.3 Å². The fraction of sp³-hybridized carbons (Fsp3) is 0.267. The zero-order valence-corrected chi connectivity index (χ0v) is 11.8. The molecule has 0 unspecified atom stereocenters. The third-order valence-electron chi connectivity index (χ3n) is 3.02. The molecule has 2 rings (SSSR count). The molecule has 3 N–H and O–H groups in total. The van der Waals surface area contributed by atoms with E-state index in [0.717, 1.165) is 5.56 Å². The maximum atomic E-state index is 9.12. The van der Waals surface area contributed by atoms with Gasteiger partial charge in [-0.2, -0.15) is 5.26 Å². The van der Waals surface area contributed by atoms with Gasteiger partial charge < -0.3 is 11.1 Å². The van der Waals surface area contributed by atoms with Crippen molar-refractivity contribution in [2.75, 3.05) is 11.1 Å². The van der Waals surface area contributed by atoms with Crippen molar-refractivity contribution in [2.24, 2.45) is 0 Å². The summed E-state index contributed by atoms with van der Waals surface area (Å²) in [5, 5.41) is 12.3. The Morgan fingerprint density at radius 1 is 1.25 bits per heavy atom. The van der Waals surface area contributed by atoms with Crippen LogP contribution in [0.25, 0.3) is 0 Å². The zero-order valence-electron chi connectivity index (χ0n) is 11.8. The van der Waals surface area contributed by atoms with Crippen LogP contribution in [-0.4, -0.2) is 9.97 Å². The molecule has 0 bridgehead atoms. The number of rotatable bonds is 3. The van der Waals surface area contributed by atoms with Crippen LogP contribution in [0.3, 0.4) is 0 Å². The largest absolute Gasteiger partial charge is 0.383 e. The fourth-order valence-corrected chi connectivity index (χ4v) is 1.75. The van der Waals surface area contributed by atoms with Crippen molar-refractivity contribution in [3.8, 4) is 6.07 Å². The Morgan fingerprint density at radius 2 is 1.95 bits per heavy atom. The predicted octanol–water partition coefficient (Wildman–Crippen LogP) is 3.11. The summed E-state index contributed by atoms with van der Waals surface area (Å²) in [5.41, 5.74) is 7.99. The van der Waals surface area contributed by atoms with Gasteiger partial charge in [0, 0.05) is 11.5 Å². The van der Waals surface area contributed by atoms with E-state index in [2.05, 4.69) is 21.4 Å². The topological polar surface area (TPSA) is 87.6 Å². The molecule has 1 aromatic heterocycles. The van der Waals surface area contributed by atoms with Gasteiger partial charge in [-0.25, -0.2) is 9.97 Å². The van der Waals surface area contributed by atoms with E-state index in [9.17, 15) is 0 Å². The van der Waals surface area contributed by atoms with Gasteiger partial charge in [-0.05, 0) is 19.1 Å². The lowest BCUT2D eigenvalue weighted by Crippen LogP contribution is -2.08. The number of nitrogens with zero attached hydrogens (tertiary/aromatic N) is 3. The monoisotopic (exact) mass is 267 g/mol. The van der Waals surface area contributed by atoms with E-state index >= 15 is 0 Å². The van der Waals surface area contributed by atoms with Crippen LogP contribution in [0.1, 0.15) is 36.7 Å². The first-order chi connectivity index (χ1) is 9.52. The third kappa shape index (κ3) is 2.69. The van der Waals surface area contributed by atoms with Crippen molar-refractivity contribution in [3.05, 3.63) is 41.2 Å². The van der Waals surface area contributed by atoms with Crippen LogP contribution in [0.2, 0.25) is 0 Å². The lowest BCUT2D eigenvalue weighted by molar-refractivity contribution is 0.776. The molecule has 0 saturated heterocycles. The molecule has 1 heterocycles. The second-order valence-electron chi connectivity index (χ2n) is 4.88. The van der Waals surface area contributed by atoms with Gasteiger partial charge in [0.2, 0.25) is 0 Å². The van der Waals surface area contributed by atoms with Gasteiger partial charge in [-0.3, -0.25) is 0 Å². The number of nitrogens with one attached hydrogen (secondary N) is 1. The van der Waals surface area contributed by atoms with E-state index in [1.165, 1.54) is 0 Å². The van der Waals surface area contributed by atoms with E-state index in [1.54, 1.807) is 6.07 Å². The predicted molar refractivity (Wildman–Crippen MR) is 79.7 cm³/mol. The number of anilines is 3. The smallest absolute Gasteiger partial charge is 0.139 e. The molecule has 0 saturated carbocycles. The molecule has 2 aromatic rings. The van der Waals surface area contributed by atoms with E-state index < -0.39 is 0 Å². The van der Waals surface area contributed by atoms with Crippen molar-refractivity contribution in [3.63, 3.8) is 0 Å². The van der Waals surface area contributed by atoms with Gasteiger partial charge in [-0.15, -0.1) is 0 Å². The summed E-state index contributed by atoms with van der Waals surface area (Å²) < 4.78 is 0. The van der Waals surface area contributed by atoms with Gasteiger partial charge >= 0.3 is 0 Å². The average molecular weight is 267 g/mol. The lowest BCUT2D eigenvalue weighted by atomic mass is 10.1. The summed E-state index contributed by atoms with van der Waals surface area (Å²) in [6.45, 7) is 5.88. The lowest BCUT2D eigenvalue weighted by Gasteiger charge is -2.14. The average Bonchev–Trinajstić information content (AvgIpc) is 2.44. The Bertz CT molecular complexity index is 670. The summed E-state index contributed by atoms with van der Waals surface area (Å²) in [5.74, 6) is 1.97. The molecule has 1 aromatic carbocycles. The number of aromatic nitrogens is 2. The summed E-state index contributed by atoms with van der Waals surface area (Å²) in [6, 6.07) is 9.44. The summed E-state index contributed by atoms with van der Waals surface area (Å²) in [6.07, 6.45) is 0. The SMILES string of the molecule is Cc1c(N)nc(C(C)C)nc1Nc1ccccc1C#N. The minimum Gasteiger partial charge on any atom is -0.383 e. The van der Waals surface area contributed by atoms with E-state index in [4.69, 9.17) is 11.0 Å². The molecule has 0 atom stereocenters. The highest BCUT2D eigenvalue weighted by molar-refractivity contribution is 5.68. The normalized spacial score (nSPS) is 10.3. The van der Waals surface area contributed by atoms with Crippen molar-refractivity contribution in [1.82, 2.24) is 9.97 Å². The molecule has 0 radical (unpaired) electrons. The highest BCUT2D eigenvalue weighted by Gasteiger charge is 2.12. The molecule has 0 amide bonds. The van der Waals surface area contributed by atoms with Crippen LogP contribution >= 0.6 is 0 Å². The Labute approximate surface area is 118 Å². The molecule has 5 nitrogen and oxygen atoms in total. The maximum absolute atomic E-state index is 9.12. The molecule has 5 heteroatoms. The number of nitrogen functional groups attached to an aromatic ring is 1. The van der Waals surface area contributed by atoms with Gasteiger partial charge in [0.05, 0.1) is 11.3 Å². The number of nitriles is 1. The quantitative estimate of drug-likeness (QED) is 0.892. The molecule has 0 aliphatic heterocycles. The Kier molecular flexibility index (Phi) is 3.85. The van der Waals surface area contributed by atoms with Crippen LogP contribution in [-0.2, 0) is 0 Å². The summed E-state index contributed by atoms with van der Waals surface area (Å²) >= 11 is 0. The number of nitrogens with two attached hydrogens (primary N) is 1. The van der Waals surface area contributed by atoms with Crippen LogP contribution in [0, 0.1) is 18.3 Å². The fourth-order valence-electron chi connectivity index (χ4n) is 1.75. The second-order valence-corrected chi connectivity index (χ2v) is 4.88. The highest BCUT2D eigenvalue weighted by atomic mass is 15.1. The highest BCUT2D eigenvalue weighted by Crippen LogP contribution is 2.25. The van der Waals surface area contributed by atoms with Gasteiger partial charge in [0.25, 0.3) is 0 Å². The van der Waals surface area contributed by atoms with E-state index in [-0.39, 0.29) is 5.92 Å². The minimum atomic E-state index is 0.185. The summed E-state index contributed by atoms with van der Waals surface area (Å²) in [7, 11) is 0.